The third kappa shape index (κ3) is 3.57. The van der Waals surface area contributed by atoms with Gasteiger partial charge in [-0.25, -0.2) is 0 Å². The van der Waals surface area contributed by atoms with Crippen LogP contribution in [0.5, 0.6) is 0 Å². The number of nitrogens with zero attached hydrogens (tertiary/aromatic N) is 2. The smallest absolute Gasteiger partial charge is 0.0686 e. The second-order valence-corrected chi connectivity index (χ2v) is 5.64. The van der Waals surface area contributed by atoms with Gasteiger partial charge in [0.2, 0.25) is 0 Å². The van der Waals surface area contributed by atoms with Gasteiger partial charge in [-0.2, -0.15) is 5.10 Å². The van der Waals surface area contributed by atoms with Gasteiger partial charge in [0.25, 0.3) is 0 Å². The Morgan fingerprint density at radius 3 is 2.74 bits per heavy atom. The highest BCUT2D eigenvalue weighted by atomic mass is 15.3. The first-order chi connectivity index (χ1) is 9.22. The Labute approximate surface area is 116 Å². The topological polar surface area (TPSA) is 29.9 Å². The van der Waals surface area contributed by atoms with Crippen LogP contribution in [0.15, 0.2) is 30.5 Å². The van der Waals surface area contributed by atoms with Crippen LogP contribution in [0.4, 0.5) is 0 Å². The van der Waals surface area contributed by atoms with E-state index in [1.165, 1.54) is 17.3 Å². The number of nitrogens with one attached hydrogen (secondary N) is 1. The van der Waals surface area contributed by atoms with Crippen molar-refractivity contribution in [2.75, 3.05) is 13.1 Å². The molecule has 0 aliphatic heterocycles. The zero-order valence-corrected chi connectivity index (χ0v) is 12.3. The number of fused-ring (bicyclic) bond motifs is 1. The van der Waals surface area contributed by atoms with Crippen molar-refractivity contribution in [3.63, 3.8) is 0 Å². The molecule has 0 saturated carbocycles. The third-order valence-electron chi connectivity index (χ3n) is 3.41. The van der Waals surface area contributed by atoms with Gasteiger partial charge in [0.15, 0.2) is 0 Å². The predicted molar refractivity (Wildman–Crippen MR) is 81.4 cm³/mol. The summed E-state index contributed by atoms with van der Waals surface area (Å²) >= 11 is 0. The molecule has 104 valence electrons. The predicted octanol–water partition coefficient (Wildman–Crippen LogP) is 3.62. The van der Waals surface area contributed by atoms with E-state index in [0.29, 0.717) is 12.0 Å². The molecule has 2 aromatic rings. The molecule has 1 aromatic carbocycles. The van der Waals surface area contributed by atoms with E-state index >= 15 is 0 Å². The average Bonchev–Trinajstić information content (AvgIpc) is 2.81. The van der Waals surface area contributed by atoms with E-state index in [4.69, 9.17) is 0 Å². The molecule has 3 nitrogen and oxygen atoms in total. The maximum atomic E-state index is 4.59. The first-order valence-corrected chi connectivity index (χ1v) is 7.35. The molecule has 0 radical (unpaired) electrons. The molecule has 19 heavy (non-hydrogen) atoms. The van der Waals surface area contributed by atoms with Crippen LogP contribution in [0.2, 0.25) is 0 Å². The molecular formula is C16H25N3. The number of aromatic nitrogens is 2. The van der Waals surface area contributed by atoms with Crippen LogP contribution in [-0.2, 0) is 0 Å². The molecule has 0 amide bonds. The molecule has 0 aliphatic rings. The summed E-state index contributed by atoms with van der Waals surface area (Å²) in [4.78, 5) is 0. The van der Waals surface area contributed by atoms with E-state index in [1.807, 2.05) is 6.20 Å². The summed E-state index contributed by atoms with van der Waals surface area (Å²) in [6, 6.07) is 8.89. The summed E-state index contributed by atoms with van der Waals surface area (Å²) in [5, 5.41) is 9.38. The van der Waals surface area contributed by atoms with Gasteiger partial charge in [-0.1, -0.05) is 45.4 Å². The molecule has 3 heteroatoms. The van der Waals surface area contributed by atoms with E-state index in [1.54, 1.807) is 0 Å². The summed E-state index contributed by atoms with van der Waals surface area (Å²) < 4.78 is 2.19. The van der Waals surface area contributed by atoms with E-state index < -0.39 is 0 Å². The highest BCUT2D eigenvalue weighted by molar-refractivity contribution is 5.78. The normalized spacial score (nSPS) is 13.3. The fourth-order valence-electron chi connectivity index (χ4n) is 2.47. The molecule has 1 atom stereocenters. The lowest BCUT2D eigenvalue weighted by Crippen LogP contribution is -2.28. The van der Waals surface area contributed by atoms with E-state index in [0.717, 1.165) is 19.5 Å². The monoisotopic (exact) mass is 259 g/mol. The Hall–Kier alpha value is -1.35. The molecule has 2 rings (SSSR count). The second kappa shape index (κ2) is 6.71. The molecule has 0 aliphatic carbocycles. The van der Waals surface area contributed by atoms with Crippen LogP contribution >= 0.6 is 0 Å². The molecule has 0 fully saturated rings. The van der Waals surface area contributed by atoms with Crippen molar-refractivity contribution in [3.05, 3.63) is 30.5 Å². The van der Waals surface area contributed by atoms with E-state index in [2.05, 4.69) is 60.1 Å². The van der Waals surface area contributed by atoms with Crippen LogP contribution in [-0.4, -0.2) is 22.9 Å². The standard InChI is InChI=1S/C16H25N3/c1-4-7-15(12-17-10-13(2)3)19-16-9-6-5-8-14(16)11-18-19/h5-6,8-9,11,13,15,17H,4,7,10,12H2,1-3H3. The SMILES string of the molecule is CCCC(CNCC(C)C)n1ncc2ccccc21. The lowest BCUT2D eigenvalue weighted by atomic mass is 10.1. The Bertz CT molecular complexity index is 501. The van der Waals surface area contributed by atoms with Gasteiger partial charge < -0.3 is 5.32 Å². The number of para-hydroxylation sites is 1. The maximum Gasteiger partial charge on any atom is 0.0686 e. The van der Waals surface area contributed by atoms with Crippen molar-refractivity contribution in [1.29, 1.82) is 0 Å². The first-order valence-electron chi connectivity index (χ1n) is 7.35. The first kappa shape index (κ1) is 14.1. The summed E-state index contributed by atoms with van der Waals surface area (Å²) in [6.45, 7) is 8.79. The zero-order valence-electron chi connectivity index (χ0n) is 12.3. The number of rotatable bonds is 7. The second-order valence-electron chi connectivity index (χ2n) is 5.64. The summed E-state index contributed by atoms with van der Waals surface area (Å²) in [5.74, 6) is 0.691. The van der Waals surface area contributed by atoms with Crippen molar-refractivity contribution in [2.45, 2.75) is 39.7 Å². The van der Waals surface area contributed by atoms with Crippen LogP contribution < -0.4 is 5.32 Å². The Morgan fingerprint density at radius 1 is 1.21 bits per heavy atom. The van der Waals surface area contributed by atoms with Gasteiger partial charge in [-0.05, 0) is 24.9 Å². The largest absolute Gasteiger partial charge is 0.314 e. The van der Waals surface area contributed by atoms with Gasteiger partial charge in [0, 0.05) is 11.9 Å². The van der Waals surface area contributed by atoms with Crippen molar-refractivity contribution in [1.82, 2.24) is 15.1 Å². The maximum absolute atomic E-state index is 4.59. The van der Waals surface area contributed by atoms with Crippen molar-refractivity contribution >= 4 is 10.9 Å². The number of hydrogen-bond acceptors (Lipinski definition) is 2. The van der Waals surface area contributed by atoms with Gasteiger partial charge in [0.05, 0.1) is 17.8 Å². The van der Waals surface area contributed by atoms with Crippen LogP contribution in [0.3, 0.4) is 0 Å². The minimum atomic E-state index is 0.448. The van der Waals surface area contributed by atoms with Crippen molar-refractivity contribution < 1.29 is 0 Å². The Morgan fingerprint density at radius 2 is 2.00 bits per heavy atom. The highest BCUT2D eigenvalue weighted by Crippen LogP contribution is 2.20. The molecule has 1 unspecified atom stereocenters. The van der Waals surface area contributed by atoms with Crippen LogP contribution in [0.25, 0.3) is 10.9 Å². The molecular weight excluding hydrogens is 234 g/mol. The third-order valence-corrected chi connectivity index (χ3v) is 3.41. The molecule has 1 N–H and O–H groups in total. The highest BCUT2D eigenvalue weighted by Gasteiger charge is 2.13. The Balaban J connectivity index is 2.13. The lowest BCUT2D eigenvalue weighted by molar-refractivity contribution is 0.394. The molecule has 1 heterocycles. The minimum Gasteiger partial charge on any atom is -0.314 e. The average molecular weight is 259 g/mol. The van der Waals surface area contributed by atoms with E-state index in [9.17, 15) is 0 Å². The molecule has 1 aromatic heterocycles. The molecule has 0 spiro atoms. The zero-order chi connectivity index (χ0) is 13.7. The fourth-order valence-corrected chi connectivity index (χ4v) is 2.47. The lowest BCUT2D eigenvalue weighted by Gasteiger charge is -2.19. The molecule has 0 saturated heterocycles. The number of benzene rings is 1. The van der Waals surface area contributed by atoms with Crippen LogP contribution in [0, 0.1) is 5.92 Å². The fraction of sp³-hybridized carbons (Fsp3) is 0.562. The summed E-state index contributed by atoms with van der Waals surface area (Å²) in [6.07, 6.45) is 4.32. The van der Waals surface area contributed by atoms with Gasteiger partial charge in [-0.15, -0.1) is 0 Å². The van der Waals surface area contributed by atoms with Crippen LogP contribution in [0.1, 0.15) is 39.7 Å². The van der Waals surface area contributed by atoms with Crippen molar-refractivity contribution in [2.24, 2.45) is 5.92 Å². The van der Waals surface area contributed by atoms with Gasteiger partial charge in [0.1, 0.15) is 0 Å². The molecule has 0 bridgehead atoms. The quantitative estimate of drug-likeness (QED) is 0.823. The number of hydrogen-bond donors (Lipinski definition) is 1. The van der Waals surface area contributed by atoms with Crippen molar-refractivity contribution in [3.8, 4) is 0 Å². The Kier molecular flexibility index (Phi) is 4.97. The van der Waals surface area contributed by atoms with Gasteiger partial charge in [-0.3, -0.25) is 4.68 Å². The van der Waals surface area contributed by atoms with E-state index in [-0.39, 0.29) is 0 Å². The minimum absolute atomic E-state index is 0.448. The van der Waals surface area contributed by atoms with Gasteiger partial charge >= 0.3 is 0 Å². The summed E-state index contributed by atoms with van der Waals surface area (Å²) in [5.41, 5.74) is 1.24. The summed E-state index contributed by atoms with van der Waals surface area (Å²) in [7, 11) is 0.